The van der Waals surface area contributed by atoms with Crippen molar-refractivity contribution in [3.63, 3.8) is 0 Å². The summed E-state index contributed by atoms with van der Waals surface area (Å²) in [4.78, 5) is 13.8. The molecule has 0 saturated carbocycles. The first-order valence-corrected chi connectivity index (χ1v) is 11.1. The number of hydrogen-bond acceptors (Lipinski definition) is 5. The van der Waals surface area contributed by atoms with E-state index in [2.05, 4.69) is 15.1 Å². The Kier molecular flexibility index (Phi) is 5.61. The number of para-hydroxylation sites is 1. The number of nitrogens with one attached hydrogen (secondary N) is 2. The van der Waals surface area contributed by atoms with Crippen molar-refractivity contribution in [3.8, 4) is 0 Å². The molecule has 1 saturated heterocycles. The Morgan fingerprint density at radius 2 is 2.04 bits per heavy atom. The topological polar surface area (TPSA) is 96.3 Å². The van der Waals surface area contributed by atoms with Crippen molar-refractivity contribution in [2.24, 2.45) is 7.05 Å². The number of amides is 1. The summed E-state index contributed by atoms with van der Waals surface area (Å²) in [5.41, 5.74) is 2.19. The molecule has 1 aliphatic heterocycles. The Bertz CT molecular complexity index is 957. The van der Waals surface area contributed by atoms with Crippen LogP contribution in [0.3, 0.4) is 0 Å². The van der Waals surface area contributed by atoms with Crippen LogP contribution in [0.25, 0.3) is 0 Å². The number of likely N-dealkylation sites (N-methyl/N-ethyl adjacent to an activating group) is 1. The normalized spacial score (nSPS) is 22.5. The highest BCUT2D eigenvalue weighted by atomic mass is 32.2. The van der Waals surface area contributed by atoms with E-state index in [0.29, 0.717) is 12.1 Å². The highest BCUT2D eigenvalue weighted by Gasteiger charge is 2.41. The van der Waals surface area contributed by atoms with Crippen LogP contribution in [-0.2, 0) is 22.1 Å². The Morgan fingerprint density at radius 3 is 2.67 bits per heavy atom. The Balaban J connectivity index is 1.88. The summed E-state index contributed by atoms with van der Waals surface area (Å²) >= 11 is 1.52. The molecule has 146 valence electrons. The van der Waals surface area contributed by atoms with Gasteiger partial charge in [-0.15, -0.1) is 11.8 Å². The molecule has 0 aliphatic carbocycles. The average Bonchev–Trinajstić information content (AvgIpc) is 2.95. The Hall–Kier alpha value is -1.88. The van der Waals surface area contributed by atoms with Crippen LogP contribution in [0.15, 0.2) is 35.4 Å². The first-order chi connectivity index (χ1) is 12.7. The molecule has 1 fully saturated rings. The van der Waals surface area contributed by atoms with E-state index in [1.807, 2.05) is 37.4 Å². The average molecular weight is 410 g/mol. The molecular formula is C17H23N5O3S2. The second-order valence-electron chi connectivity index (χ2n) is 6.48. The maximum Gasteiger partial charge on any atom is 0.280 e. The molecule has 2 N–H and O–H groups in total. The second kappa shape index (κ2) is 7.63. The molecule has 2 heterocycles. The smallest absolute Gasteiger partial charge is 0.280 e. The molecular weight excluding hydrogens is 386 g/mol. The molecule has 0 spiro atoms. The van der Waals surface area contributed by atoms with Crippen LogP contribution < -0.4 is 10.0 Å². The summed E-state index contributed by atoms with van der Waals surface area (Å²) in [7, 11) is -0.591. The van der Waals surface area contributed by atoms with Gasteiger partial charge in [-0.3, -0.25) is 9.48 Å². The predicted molar refractivity (Wildman–Crippen MR) is 106 cm³/mol. The fourth-order valence-electron chi connectivity index (χ4n) is 3.24. The van der Waals surface area contributed by atoms with E-state index in [0.717, 1.165) is 20.5 Å². The van der Waals surface area contributed by atoms with Crippen LogP contribution in [0.1, 0.15) is 23.7 Å². The summed E-state index contributed by atoms with van der Waals surface area (Å²) < 4.78 is 30.5. The molecule has 1 aromatic heterocycles. The molecule has 2 atom stereocenters. The van der Waals surface area contributed by atoms with Crippen LogP contribution in [-0.4, -0.2) is 47.8 Å². The van der Waals surface area contributed by atoms with Gasteiger partial charge in [0.1, 0.15) is 6.04 Å². The molecule has 0 radical (unpaired) electrons. The lowest BCUT2D eigenvalue weighted by molar-refractivity contribution is -0.120. The molecule has 8 nitrogen and oxygen atoms in total. The minimum Gasteiger partial charge on any atom is -0.324 e. The monoisotopic (exact) mass is 409 g/mol. The van der Waals surface area contributed by atoms with Gasteiger partial charge in [0.25, 0.3) is 10.2 Å². The molecule has 10 heteroatoms. The molecule has 1 aromatic carbocycles. The lowest BCUT2D eigenvalue weighted by Gasteiger charge is -2.36. The third-order valence-electron chi connectivity index (χ3n) is 4.66. The first kappa shape index (κ1) is 19.9. The number of thioether (sulfide) groups is 1. The zero-order valence-electron chi connectivity index (χ0n) is 15.6. The van der Waals surface area contributed by atoms with Gasteiger partial charge in [-0.2, -0.15) is 22.5 Å². The van der Waals surface area contributed by atoms with Crippen molar-refractivity contribution in [1.82, 2.24) is 18.8 Å². The van der Waals surface area contributed by atoms with Crippen LogP contribution in [0.2, 0.25) is 0 Å². The largest absolute Gasteiger partial charge is 0.324 e. The van der Waals surface area contributed by atoms with Gasteiger partial charge in [0, 0.05) is 30.8 Å². The van der Waals surface area contributed by atoms with E-state index in [-0.39, 0.29) is 5.91 Å². The summed E-state index contributed by atoms with van der Waals surface area (Å²) in [6, 6.07) is 6.11. The number of benzene rings is 1. The SMILES string of the molecule is CSc1ccccc1NC(=O)[C@@H]1C[C@H](c2cn(C)nc2C)NS(=O)(=O)N1C. The Morgan fingerprint density at radius 1 is 1.33 bits per heavy atom. The Labute approximate surface area is 163 Å². The number of carbonyl (C=O) groups is 1. The van der Waals surface area contributed by atoms with Gasteiger partial charge in [0.15, 0.2) is 0 Å². The van der Waals surface area contributed by atoms with E-state index < -0.39 is 22.3 Å². The van der Waals surface area contributed by atoms with Crippen molar-refractivity contribution in [2.45, 2.75) is 30.3 Å². The van der Waals surface area contributed by atoms with Crippen molar-refractivity contribution >= 4 is 33.6 Å². The van der Waals surface area contributed by atoms with Gasteiger partial charge < -0.3 is 5.32 Å². The van der Waals surface area contributed by atoms with Crippen molar-refractivity contribution in [3.05, 3.63) is 41.7 Å². The quantitative estimate of drug-likeness (QED) is 0.749. The second-order valence-corrected chi connectivity index (χ2v) is 9.09. The minimum atomic E-state index is -3.79. The lowest BCUT2D eigenvalue weighted by atomic mass is 10.00. The third kappa shape index (κ3) is 4.03. The number of nitrogens with zero attached hydrogens (tertiary/aromatic N) is 3. The highest BCUT2D eigenvalue weighted by molar-refractivity contribution is 7.98. The van der Waals surface area contributed by atoms with E-state index >= 15 is 0 Å². The number of anilines is 1. The zero-order chi connectivity index (χ0) is 19.8. The van der Waals surface area contributed by atoms with E-state index in [9.17, 15) is 13.2 Å². The van der Waals surface area contributed by atoms with Crippen LogP contribution in [0.4, 0.5) is 5.69 Å². The standard InChI is InChI=1S/C17H23N5O3S2/c1-11-12(10-21(2)19-11)14-9-15(22(3)27(24,25)20-14)17(23)18-13-7-5-6-8-16(13)26-4/h5-8,10,14-15,20H,9H2,1-4H3,(H,18,23)/t14-,15+/m1/s1. The predicted octanol–water partition coefficient (Wildman–Crippen LogP) is 1.67. The highest BCUT2D eigenvalue weighted by Crippen LogP contribution is 2.31. The number of carbonyl (C=O) groups excluding carboxylic acids is 1. The fourth-order valence-corrected chi connectivity index (χ4v) is 5.06. The van der Waals surface area contributed by atoms with Gasteiger partial charge in [-0.1, -0.05) is 12.1 Å². The molecule has 0 bridgehead atoms. The van der Waals surface area contributed by atoms with Gasteiger partial charge >= 0.3 is 0 Å². The van der Waals surface area contributed by atoms with Crippen LogP contribution >= 0.6 is 11.8 Å². The van der Waals surface area contributed by atoms with Crippen molar-refractivity contribution in [2.75, 3.05) is 18.6 Å². The zero-order valence-corrected chi connectivity index (χ0v) is 17.3. The van der Waals surface area contributed by atoms with Crippen LogP contribution in [0.5, 0.6) is 0 Å². The molecule has 27 heavy (non-hydrogen) atoms. The summed E-state index contributed by atoms with van der Waals surface area (Å²) in [6.07, 6.45) is 4.02. The fraction of sp³-hybridized carbons (Fsp3) is 0.412. The van der Waals surface area contributed by atoms with Gasteiger partial charge in [-0.25, -0.2) is 0 Å². The molecule has 0 unspecified atom stereocenters. The molecule has 2 aromatic rings. The van der Waals surface area contributed by atoms with E-state index in [1.165, 1.54) is 18.8 Å². The third-order valence-corrected chi connectivity index (χ3v) is 7.05. The minimum absolute atomic E-state index is 0.315. The summed E-state index contributed by atoms with van der Waals surface area (Å²) in [6.45, 7) is 1.83. The van der Waals surface area contributed by atoms with Crippen LogP contribution in [0, 0.1) is 6.92 Å². The van der Waals surface area contributed by atoms with Gasteiger partial charge in [0.2, 0.25) is 5.91 Å². The van der Waals surface area contributed by atoms with Gasteiger partial charge in [-0.05, 0) is 31.7 Å². The lowest BCUT2D eigenvalue weighted by Crippen LogP contribution is -2.56. The molecule has 1 aliphatic rings. The first-order valence-electron chi connectivity index (χ1n) is 8.42. The molecule has 1 amide bonds. The van der Waals surface area contributed by atoms with E-state index in [4.69, 9.17) is 0 Å². The number of rotatable bonds is 4. The molecule has 3 rings (SSSR count). The van der Waals surface area contributed by atoms with Gasteiger partial charge in [0.05, 0.1) is 17.4 Å². The van der Waals surface area contributed by atoms with E-state index in [1.54, 1.807) is 17.9 Å². The number of aryl methyl sites for hydroxylation is 2. The summed E-state index contributed by atoms with van der Waals surface area (Å²) in [5.74, 6) is -0.351. The maximum absolute atomic E-state index is 12.9. The van der Waals surface area contributed by atoms with Crippen molar-refractivity contribution < 1.29 is 13.2 Å². The number of hydrogen-bond donors (Lipinski definition) is 2. The number of aromatic nitrogens is 2. The summed E-state index contributed by atoms with van der Waals surface area (Å²) in [5, 5.41) is 7.15. The van der Waals surface area contributed by atoms with Crippen molar-refractivity contribution in [1.29, 1.82) is 0 Å². The maximum atomic E-state index is 12.9.